The summed E-state index contributed by atoms with van der Waals surface area (Å²) in [5.74, 6) is 0. The zero-order chi connectivity index (χ0) is 18.4. The van der Waals surface area contributed by atoms with Crippen LogP contribution in [0.25, 0.3) is 6.08 Å². The van der Waals surface area contributed by atoms with Gasteiger partial charge in [0.1, 0.15) is 0 Å². The zero-order valence-corrected chi connectivity index (χ0v) is 17.3. The predicted molar refractivity (Wildman–Crippen MR) is 109 cm³/mol. The highest BCUT2D eigenvalue weighted by Crippen LogP contribution is 2.43. The number of hydrogen-bond acceptors (Lipinski definition) is 2. The quantitative estimate of drug-likeness (QED) is 0.701. The van der Waals surface area contributed by atoms with Crippen molar-refractivity contribution >= 4 is 17.5 Å². The summed E-state index contributed by atoms with van der Waals surface area (Å²) in [5, 5.41) is 0. The van der Waals surface area contributed by atoms with Gasteiger partial charge in [-0.25, -0.2) is 0 Å². The Hall–Kier alpha value is -1.57. The van der Waals surface area contributed by atoms with Gasteiger partial charge in [0, 0.05) is 25.5 Å². The van der Waals surface area contributed by atoms with Gasteiger partial charge in [0.2, 0.25) is 0 Å². The molecule has 1 aliphatic heterocycles. The smallest absolute Gasteiger partial charge is 0.0609 e. The molecular formula is C22H34N2. The predicted octanol–water partition coefficient (Wildman–Crippen LogP) is 5.65. The fourth-order valence-electron chi connectivity index (χ4n) is 3.74. The molecular weight excluding hydrogens is 292 g/mol. The van der Waals surface area contributed by atoms with Crippen LogP contribution in [-0.2, 0) is 0 Å². The molecule has 0 unspecified atom stereocenters. The summed E-state index contributed by atoms with van der Waals surface area (Å²) >= 11 is 0. The maximum Gasteiger partial charge on any atom is 0.0609 e. The first-order chi connectivity index (χ1) is 10.9. The number of benzene rings is 1. The number of anilines is 1. The lowest BCUT2D eigenvalue weighted by Crippen LogP contribution is -2.32. The fraction of sp³-hybridized carbons (Fsp3) is 0.591. The van der Waals surface area contributed by atoms with Gasteiger partial charge in [-0.1, -0.05) is 19.9 Å². The van der Waals surface area contributed by atoms with Crippen molar-refractivity contribution in [2.45, 2.75) is 67.3 Å². The Morgan fingerprint density at radius 1 is 0.833 bits per heavy atom. The van der Waals surface area contributed by atoms with Crippen LogP contribution in [0.4, 0.5) is 5.69 Å². The highest BCUT2D eigenvalue weighted by molar-refractivity contribution is 6.00. The molecule has 24 heavy (non-hydrogen) atoms. The van der Waals surface area contributed by atoms with Gasteiger partial charge in [0.25, 0.3) is 0 Å². The van der Waals surface area contributed by atoms with Crippen molar-refractivity contribution in [3.05, 3.63) is 33.9 Å². The van der Waals surface area contributed by atoms with E-state index in [1.807, 2.05) is 0 Å². The molecule has 0 spiro atoms. The number of aliphatic imine (C=N–C) groups is 1. The topological polar surface area (TPSA) is 15.6 Å². The van der Waals surface area contributed by atoms with E-state index >= 15 is 0 Å². The third-order valence-corrected chi connectivity index (χ3v) is 6.24. The Morgan fingerprint density at radius 3 is 1.71 bits per heavy atom. The minimum Gasteiger partial charge on any atom is -0.377 e. The first-order valence-corrected chi connectivity index (χ1v) is 8.93. The van der Waals surface area contributed by atoms with Crippen LogP contribution < -0.4 is 4.90 Å². The molecule has 0 aromatic heterocycles. The SMILES string of the molecule is Cc1c(C)c(N(C)C)c(C)c(C)c1/C=C/C1=NC(C)(C)C(C)(C)C1. The first-order valence-electron chi connectivity index (χ1n) is 8.93. The summed E-state index contributed by atoms with van der Waals surface area (Å²) < 4.78 is 0. The maximum atomic E-state index is 4.96. The molecule has 1 heterocycles. The molecule has 0 N–H and O–H groups in total. The number of allylic oxidation sites excluding steroid dienone is 1. The zero-order valence-electron chi connectivity index (χ0n) is 17.3. The molecule has 0 bridgehead atoms. The normalized spacial score (nSPS) is 19.0. The van der Waals surface area contributed by atoms with Crippen molar-refractivity contribution in [3.8, 4) is 0 Å². The molecule has 1 aromatic rings. The number of hydrogen-bond donors (Lipinski definition) is 0. The van der Waals surface area contributed by atoms with Crippen LogP contribution >= 0.6 is 0 Å². The molecule has 0 saturated carbocycles. The Labute approximate surface area is 148 Å². The van der Waals surface area contributed by atoms with E-state index < -0.39 is 0 Å². The summed E-state index contributed by atoms with van der Waals surface area (Å²) in [5.41, 5.74) is 9.63. The van der Waals surface area contributed by atoms with Gasteiger partial charge in [0.05, 0.1) is 5.54 Å². The van der Waals surface area contributed by atoms with E-state index in [-0.39, 0.29) is 11.0 Å². The van der Waals surface area contributed by atoms with E-state index in [0.29, 0.717) is 0 Å². The average molecular weight is 327 g/mol. The molecule has 0 amide bonds. The Kier molecular flexibility index (Phi) is 4.74. The molecule has 0 atom stereocenters. The Morgan fingerprint density at radius 2 is 1.33 bits per heavy atom. The first kappa shape index (κ1) is 18.8. The highest BCUT2D eigenvalue weighted by atomic mass is 15.1. The number of nitrogens with zero attached hydrogens (tertiary/aromatic N) is 2. The summed E-state index contributed by atoms with van der Waals surface area (Å²) in [6.07, 6.45) is 5.56. The van der Waals surface area contributed by atoms with Gasteiger partial charge in [0.15, 0.2) is 0 Å². The molecule has 1 aliphatic rings. The van der Waals surface area contributed by atoms with Crippen LogP contribution in [0.15, 0.2) is 11.1 Å². The van der Waals surface area contributed by atoms with Gasteiger partial charge in [-0.2, -0.15) is 0 Å². The Bertz CT molecular complexity index is 687. The summed E-state index contributed by atoms with van der Waals surface area (Å²) in [6, 6.07) is 0. The summed E-state index contributed by atoms with van der Waals surface area (Å²) in [6.45, 7) is 18.0. The molecule has 0 radical (unpaired) electrons. The molecule has 1 aromatic carbocycles. The maximum absolute atomic E-state index is 4.96. The largest absolute Gasteiger partial charge is 0.377 e. The van der Waals surface area contributed by atoms with Crippen molar-refractivity contribution in [1.29, 1.82) is 0 Å². The van der Waals surface area contributed by atoms with E-state index in [1.165, 1.54) is 39.2 Å². The van der Waals surface area contributed by atoms with Crippen molar-refractivity contribution in [2.24, 2.45) is 10.4 Å². The van der Waals surface area contributed by atoms with E-state index in [1.54, 1.807) is 0 Å². The second kappa shape index (κ2) is 6.06. The van der Waals surface area contributed by atoms with Crippen molar-refractivity contribution in [3.63, 3.8) is 0 Å². The van der Waals surface area contributed by atoms with Gasteiger partial charge in [-0.05, 0) is 87.3 Å². The molecule has 2 nitrogen and oxygen atoms in total. The second-order valence-corrected chi connectivity index (χ2v) is 8.71. The molecule has 0 aliphatic carbocycles. The summed E-state index contributed by atoms with van der Waals surface area (Å²) in [4.78, 5) is 7.19. The second-order valence-electron chi connectivity index (χ2n) is 8.71. The molecule has 2 rings (SSSR count). The lowest BCUT2D eigenvalue weighted by Gasteiger charge is -2.32. The van der Waals surface area contributed by atoms with Crippen LogP contribution in [0.3, 0.4) is 0 Å². The van der Waals surface area contributed by atoms with Gasteiger partial charge in [-0.3, -0.25) is 4.99 Å². The van der Waals surface area contributed by atoms with Crippen LogP contribution in [0.2, 0.25) is 0 Å². The lowest BCUT2D eigenvalue weighted by atomic mass is 9.74. The minimum atomic E-state index is 0.0113. The van der Waals surface area contributed by atoms with Crippen molar-refractivity contribution < 1.29 is 0 Å². The van der Waals surface area contributed by atoms with E-state index in [2.05, 4.69) is 86.5 Å². The van der Waals surface area contributed by atoms with Crippen LogP contribution in [-0.4, -0.2) is 25.3 Å². The van der Waals surface area contributed by atoms with Crippen LogP contribution in [0.1, 0.15) is 61.9 Å². The summed E-state index contributed by atoms with van der Waals surface area (Å²) in [7, 11) is 4.25. The molecule has 0 fully saturated rings. The van der Waals surface area contributed by atoms with Gasteiger partial charge in [-0.15, -0.1) is 0 Å². The third kappa shape index (κ3) is 3.03. The van der Waals surface area contributed by atoms with Crippen LogP contribution in [0.5, 0.6) is 0 Å². The monoisotopic (exact) mass is 326 g/mol. The van der Waals surface area contributed by atoms with Gasteiger partial charge < -0.3 is 4.90 Å². The average Bonchev–Trinajstić information content (AvgIpc) is 2.64. The lowest BCUT2D eigenvalue weighted by molar-refractivity contribution is 0.238. The van der Waals surface area contributed by atoms with E-state index in [0.717, 1.165) is 6.42 Å². The van der Waals surface area contributed by atoms with Crippen molar-refractivity contribution in [2.75, 3.05) is 19.0 Å². The standard InChI is InChI=1S/C22H34N2/c1-14-16(3)20(24(9)10)17(4)15(2)19(14)12-11-18-13-21(5,6)22(7,8)23-18/h11-12H,13H2,1-10H3/b12-11+. The van der Waals surface area contributed by atoms with Gasteiger partial charge >= 0.3 is 0 Å². The van der Waals surface area contributed by atoms with E-state index in [4.69, 9.17) is 4.99 Å². The molecule has 2 heteroatoms. The third-order valence-electron chi connectivity index (χ3n) is 6.24. The minimum absolute atomic E-state index is 0.0113. The number of rotatable bonds is 3. The van der Waals surface area contributed by atoms with Crippen molar-refractivity contribution in [1.82, 2.24) is 0 Å². The fourth-order valence-corrected chi connectivity index (χ4v) is 3.74. The highest BCUT2D eigenvalue weighted by Gasteiger charge is 2.42. The molecule has 0 saturated heterocycles. The van der Waals surface area contributed by atoms with E-state index in [9.17, 15) is 0 Å². The van der Waals surface area contributed by atoms with Crippen LogP contribution in [0, 0.1) is 33.1 Å². The molecule has 132 valence electrons. The Balaban J connectivity index is 2.46.